The van der Waals surface area contributed by atoms with Crippen molar-refractivity contribution >= 4 is 5.97 Å². The zero-order valence-corrected chi connectivity index (χ0v) is 16.2. The molecule has 0 aliphatic heterocycles. The summed E-state index contributed by atoms with van der Waals surface area (Å²) in [5.41, 5.74) is 1.16. The Morgan fingerprint density at radius 1 is 1.25 bits per heavy atom. The van der Waals surface area contributed by atoms with E-state index < -0.39 is 24.3 Å². The van der Waals surface area contributed by atoms with Gasteiger partial charge < -0.3 is 15.3 Å². The van der Waals surface area contributed by atoms with Crippen LogP contribution in [-0.2, 0) is 11.2 Å². The quantitative estimate of drug-likeness (QED) is 0.393. The molecule has 0 heterocycles. The van der Waals surface area contributed by atoms with E-state index in [1.807, 2.05) is 42.5 Å². The molecule has 1 aromatic carbocycles. The fourth-order valence-corrected chi connectivity index (χ4v) is 3.72. The van der Waals surface area contributed by atoms with Gasteiger partial charge >= 0.3 is 5.97 Å². The minimum atomic E-state index is -1.07. The molecular weight excluding hydrogens is 359 g/mol. The maximum Gasteiger partial charge on any atom is 0.303 e. The number of allylic oxidation sites excluding steroid dienone is 2. The molecular formula is C23H31FO4. The van der Waals surface area contributed by atoms with Crippen molar-refractivity contribution in [1.29, 1.82) is 0 Å². The zero-order chi connectivity index (χ0) is 20.4. The number of carboxylic acids is 1. The summed E-state index contributed by atoms with van der Waals surface area (Å²) in [5, 5.41) is 29.0. The molecule has 3 N–H and O–H groups in total. The van der Waals surface area contributed by atoms with Crippen molar-refractivity contribution in [3.8, 4) is 0 Å². The van der Waals surface area contributed by atoms with E-state index in [9.17, 15) is 19.4 Å². The lowest BCUT2D eigenvalue weighted by atomic mass is 9.90. The van der Waals surface area contributed by atoms with Gasteiger partial charge in [0.25, 0.3) is 0 Å². The minimum absolute atomic E-state index is 0.118. The first-order valence-corrected chi connectivity index (χ1v) is 10.1. The summed E-state index contributed by atoms with van der Waals surface area (Å²) in [6.07, 6.45) is 8.07. The van der Waals surface area contributed by atoms with Crippen LogP contribution in [0, 0.1) is 11.8 Å². The second-order valence-corrected chi connectivity index (χ2v) is 7.53. The van der Waals surface area contributed by atoms with E-state index in [1.54, 1.807) is 12.2 Å². The lowest BCUT2D eigenvalue weighted by molar-refractivity contribution is -0.137. The van der Waals surface area contributed by atoms with Gasteiger partial charge in [-0.2, -0.15) is 0 Å². The van der Waals surface area contributed by atoms with Crippen LogP contribution in [0.1, 0.15) is 44.1 Å². The number of hydrogen-bond acceptors (Lipinski definition) is 3. The van der Waals surface area contributed by atoms with Crippen LogP contribution in [0.2, 0.25) is 0 Å². The maximum atomic E-state index is 14.3. The highest BCUT2D eigenvalue weighted by atomic mass is 19.1. The molecule has 4 nitrogen and oxygen atoms in total. The van der Waals surface area contributed by atoms with Crippen molar-refractivity contribution in [2.75, 3.05) is 0 Å². The Bertz CT molecular complexity index is 643. The predicted octanol–water partition coefficient (Wildman–Crippen LogP) is 4.07. The SMILES string of the molecule is O=C(O)CCC/C=C\C[C@@H]1[C@@H](/C=C/[C@@H](O)CCc2ccccc2)[C@H](O)C[C@H]1F. The number of carbonyl (C=O) groups is 1. The molecule has 154 valence electrons. The summed E-state index contributed by atoms with van der Waals surface area (Å²) in [6.45, 7) is 0. The average Bonchev–Trinajstić information content (AvgIpc) is 2.94. The maximum absolute atomic E-state index is 14.3. The molecule has 2 rings (SSSR count). The van der Waals surface area contributed by atoms with E-state index in [2.05, 4.69) is 0 Å². The molecule has 5 heteroatoms. The van der Waals surface area contributed by atoms with Gasteiger partial charge in [-0.25, -0.2) is 4.39 Å². The molecule has 1 saturated carbocycles. The normalized spacial score (nSPS) is 26.2. The van der Waals surface area contributed by atoms with Gasteiger partial charge in [0, 0.05) is 24.7 Å². The van der Waals surface area contributed by atoms with Crippen LogP contribution in [0.25, 0.3) is 0 Å². The summed E-state index contributed by atoms with van der Waals surface area (Å²) < 4.78 is 14.3. The molecule has 1 aliphatic carbocycles. The first-order chi connectivity index (χ1) is 13.5. The van der Waals surface area contributed by atoms with E-state index in [1.165, 1.54) is 0 Å². The Kier molecular flexibility index (Phi) is 9.38. The molecule has 5 atom stereocenters. The van der Waals surface area contributed by atoms with E-state index >= 15 is 0 Å². The van der Waals surface area contributed by atoms with Gasteiger partial charge in [0.05, 0.1) is 12.2 Å². The molecule has 0 unspecified atom stereocenters. The van der Waals surface area contributed by atoms with Crippen molar-refractivity contribution in [3.63, 3.8) is 0 Å². The second-order valence-electron chi connectivity index (χ2n) is 7.53. The van der Waals surface area contributed by atoms with E-state index in [-0.39, 0.29) is 24.7 Å². The largest absolute Gasteiger partial charge is 0.481 e. The van der Waals surface area contributed by atoms with Crippen molar-refractivity contribution < 1.29 is 24.5 Å². The third-order valence-electron chi connectivity index (χ3n) is 5.33. The van der Waals surface area contributed by atoms with Gasteiger partial charge in [-0.3, -0.25) is 4.79 Å². The van der Waals surface area contributed by atoms with Crippen LogP contribution < -0.4 is 0 Å². The number of unbranched alkanes of at least 4 members (excludes halogenated alkanes) is 1. The summed E-state index contributed by atoms with van der Waals surface area (Å²) in [6, 6.07) is 9.92. The molecule has 0 radical (unpaired) electrons. The highest BCUT2D eigenvalue weighted by Crippen LogP contribution is 2.38. The highest BCUT2D eigenvalue weighted by Gasteiger charge is 2.40. The summed E-state index contributed by atoms with van der Waals surface area (Å²) in [5.74, 6) is -1.44. The number of benzene rings is 1. The number of aryl methyl sites for hydroxylation is 1. The number of hydrogen-bond donors (Lipinski definition) is 3. The number of carboxylic acid groups (broad SMARTS) is 1. The van der Waals surface area contributed by atoms with Gasteiger partial charge in [0.2, 0.25) is 0 Å². The van der Waals surface area contributed by atoms with Crippen LogP contribution in [0.3, 0.4) is 0 Å². The smallest absolute Gasteiger partial charge is 0.303 e. The Balaban J connectivity index is 1.82. The zero-order valence-electron chi connectivity index (χ0n) is 16.2. The first-order valence-electron chi connectivity index (χ1n) is 10.1. The van der Waals surface area contributed by atoms with Crippen molar-refractivity contribution in [2.45, 2.75) is 63.3 Å². The number of rotatable bonds is 11. The Morgan fingerprint density at radius 2 is 2.00 bits per heavy atom. The van der Waals surface area contributed by atoms with Gasteiger partial charge in [-0.15, -0.1) is 0 Å². The van der Waals surface area contributed by atoms with Crippen molar-refractivity contribution in [3.05, 3.63) is 60.2 Å². The van der Waals surface area contributed by atoms with Crippen molar-refractivity contribution in [2.24, 2.45) is 11.8 Å². The molecule has 0 spiro atoms. The number of halogens is 1. The number of aliphatic hydroxyl groups is 2. The summed E-state index contributed by atoms with van der Waals surface area (Å²) >= 11 is 0. The summed E-state index contributed by atoms with van der Waals surface area (Å²) in [4.78, 5) is 10.5. The van der Waals surface area contributed by atoms with Crippen LogP contribution in [-0.4, -0.2) is 39.7 Å². The Labute approximate surface area is 166 Å². The molecule has 0 bridgehead atoms. The topological polar surface area (TPSA) is 77.8 Å². The Hall–Kier alpha value is -1.98. The van der Waals surface area contributed by atoms with Crippen LogP contribution in [0.5, 0.6) is 0 Å². The lowest BCUT2D eigenvalue weighted by Gasteiger charge is -2.19. The summed E-state index contributed by atoms with van der Waals surface area (Å²) in [7, 11) is 0. The monoisotopic (exact) mass is 390 g/mol. The van der Waals surface area contributed by atoms with Crippen molar-refractivity contribution in [1.82, 2.24) is 0 Å². The molecule has 1 fully saturated rings. The Morgan fingerprint density at radius 3 is 2.71 bits per heavy atom. The van der Waals surface area contributed by atoms with Gasteiger partial charge in [0.1, 0.15) is 6.17 Å². The van der Waals surface area contributed by atoms with Gasteiger partial charge in [-0.05, 0) is 37.7 Å². The number of aliphatic hydroxyl groups excluding tert-OH is 2. The second kappa shape index (κ2) is 11.8. The molecule has 1 aromatic rings. The van der Waals surface area contributed by atoms with E-state index in [0.717, 1.165) is 12.0 Å². The standard InChI is InChI=1S/C23H31FO4/c24-21-16-22(26)20(19(21)10-6-1-2-7-11-23(27)28)15-14-18(25)13-12-17-8-4-3-5-9-17/h1,3-6,8-9,14-15,18-22,25-26H,2,7,10-13,16H2,(H,27,28)/b6-1-,15-14+/t18-,19+,20+,21+,22+/m0/s1. The first kappa shape index (κ1) is 22.3. The fraction of sp³-hybridized carbons (Fsp3) is 0.522. The predicted molar refractivity (Wildman–Crippen MR) is 108 cm³/mol. The van der Waals surface area contributed by atoms with Crippen LogP contribution in [0.15, 0.2) is 54.6 Å². The van der Waals surface area contributed by atoms with Crippen LogP contribution in [0.4, 0.5) is 4.39 Å². The third-order valence-corrected chi connectivity index (χ3v) is 5.33. The highest BCUT2D eigenvalue weighted by molar-refractivity contribution is 5.66. The third kappa shape index (κ3) is 7.56. The van der Waals surface area contributed by atoms with E-state index in [0.29, 0.717) is 25.7 Å². The molecule has 0 saturated heterocycles. The molecule has 0 amide bonds. The number of alkyl halides is 1. The fourth-order valence-electron chi connectivity index (χ4n) is 3.72. The van der Waals surface area contributed by atoms with Crippen LogP contribution >= 0.6 is 0 Å². The van der Waals surface area contributed by atoms with Gasteiger partial charge in [-0.1, -0.05) is 54.6 Å². The molecule has 0 aromatic heterocycles. The minimum Gasteiger partial charge on any atom is -0.481 e. The number of aliphatic carboxylic acids is 1. The van der Waals surface area contributed by atoms with Gasteiger partial charge in [0.15, 0.2) is 0 Å². The average molecular weight is 390 g/mol. The molecule has 28 heavy (non-hydrogen) atoms. The molecule has 1 aliphatic rings. The van der Waals surface area contributed by atoms with E-state index in [4.69, 9.17) is 5.11 Å². The lowest BCUT2D eigenvalue weighted by Crippen LogP contribution is -2.19.